The van der Waals surface area contributed by atoms with E-state index in [9.17, 15) is 4.79 Å². The highest BCUT2D eigenvalue weighted by Crippen LogP contribution is 2.36. The first-order valence-corrected chi connectivity index (χ1v) is 11.6. The van der Waals surface area contributed by atoms with Gasteiger partial charge in [-0.15, -0.1) is 0 Å². The number of nitrogens with zero attached hydrogens (tertiary/aromatic N) is 1. The number of hydrogen-bond donors (Lipinski definition) is 0. The fourth-order valence-electron chi connectivity index (χ4n) is 4.58. The molecule has 4 aromatic rings. The van der Waals surface area contributed by atoms with Gasteiger partial charge in [0.1, 0.15) is 18.1 Å². The van der Waals surface area contributed by atoms with E-state index in [1.54, 1.807) is 0 Å². The van der Waals surface area contributed by atoms with Crippen molar-refractivity contribution in [1.29, 1.82) is 0 Å². The Morgan fingerprint density at radius 1 is 0.970 bits per heavy atom. The molecule has 1 aliphatic rings. The van der Waals surface area contributed by atoms with E-state index < -0.39 is 0 Å². The average molecular weight is 460 g/mol. The maximum absolute atomic E-state index is 12.8. The van der Waals surface area contributed by atoms with Gasteiger partial charge in [-0.1, -0.05) is 54.1 Å². The summed E-state index contributed by atoms with van der Waals surface area (Å²) in [6.07, 6.45) is 1.49. The van der Waals surface area contributed by atoms with Crippen LogP contribution in [-0.2, 0) is 19.4 Å². The zero-order valence-corrected chi connectivity index (χ0v) is 19.6. The highest BCUT2D eigenvalue weighted by Gasteiger charge is 2.23. The molecule has 0 aliphatic carbocycles. The smallest absolute Gasteiger partial charge is 0.340 e. The summed E-state index contributed by atoms with van der Waals surface area (Å²) in [5.41, 5.74) is 6.42. The van der Waals surface area contributed by atoms with Crippen LogP contribution in [0.3, 0.4) is 0 Å². The van der Waals surface area contributed by atoms with Crippen molar-refractivity contribution in [2.24, 2.45) is 0 Å². The van der Waals surface area contributed by atoms with Crippen LogP contribution < -0.4 is 10.4 Å². The summed E-state index contributed by atoms with van der Waals surface area (Å²) in [4.78, 5) is 15.1. The molecule has 4 nitrogen and oxygen atoms in total. The Balaban J connectivity index is 1.44. The zero-order valence-electron chi connectivity index (χ0n) is 18.9. The van der Waals surface area contributed by atoms with Crippen LogP contribution in [0.25, 0.3) is 11.0 Å². The molecule has 0 N–H and O–H groups in total. The lowest BCUT2D eigenvalue weighted by molar-refractivity contribution is 0.0959. The highest BCUT2D eigenvalue weighted by molar-refractivity contribution is 6.30. The molecule has 0 saturated carbocycles. The van der Waals surface area contributed by atoms with Crippen LogP contribution in [0.15, 0.2) is 69.9 Å². The van der Waals surface area contributed by atoms with Crippen molar-refractivity contribution in [3.63, 3.8) is 0 Å². The van der Waals surface area contributed by atoms with Crippen molar-refractivity contribution in [2.45, 2.75) is 33.2 Å². The van der Waals surface area contributed by atoms with Gasteiger partial charge in [0.2, 0.25) is 0 Å². The molecule has 0 unspecified atom stereocenters. The lowest BCUT2D eigenvalue weighted by Crippen LogP contribution is -2.34. The Labute approximate surface area is 198 Å². The zero-order chi connectivity index (χ0) is 22.9. The third kappa shape index (κ3) is 4.41. The third-order valence-electron chi connectivity index (χ3n) is 6.47. The molecule has 2 heterocycles. The Morgan fingerprint density at radius 2 is 1.73 bits per heavy atom. The summed E-state index contributed by atoms with van der Waals surface area (Å²) >= 11 is 6.00. The fourth-order valence-corrected chi connectivity index (χ4v) is 4.70. The third-order valence-corrected chi connectivity index (χ3v) is 6.72. The maximum atomic E-state index is 12.8. The van der Waals surface area contributed by atoms with E-state index in [1.807, 2.05) is 56.3 Å². The molecule has 33 heavy (non-hydrogen) atoms. The summed E-state index contributed by atoms with van der Waals surface area (Å²) < 4.78 is 12.0. The van der Waals surface area contributed by atoms with Crippen LogP contribution in [0, 0.1) is 13.8 Å². The van der Waals surface area contributed by atoms with E-state index in [-0.39, 0.29) is 5.63 Å². The number of halogens is 1. The van der Waals surface area contributed by atoms with E-state index in [0.29, 0.717) is 24.3 Å². The average Bonchev–Trinajstić information content (AvgIpc) is 2.83. The standard InChI is InChI=1S/C28H26ClNO3/c1-18-24-15-22-16-30(13-12-20-8-10-23(29)11-9-20)17-32-26(22)19(2)27(24)33-28(31)25(18)14-21-6-4-3-5-7-21/h3-11,15H,12-14,16-17H2,1-2H3. The van der Waals surface area contributed by atoms with Crippen molar-refractivity contribution in [2.75, 3.05) is 13.3 Å². The Bertz CT molecular complexity index is 1360. The first kappa shape index (κ1) is 21.7. The summed E-state index contributed by atoms with van der Waals surface area (Å²) in [5, 5.41) is 1.74. The Morgan fingerprint density at radius 3 is 2.48 bits per heavy atom. The number of aryl methyl sites for hydroxylation is 2. The Kier molecular flexibility index (Phi) is 5.96. The molecule has 0 bridgehead atoms. The molecule has 5 heteroatoms. The predicted octanol–water partition coefficient (Wildman–Crippen LogP) is 6.05. The van der Waals surface area contributed by atoms with Gasteiger partial charge in [-0.05, 0) is 55.2 Å². The Hall–Kier alpha value is -3.08. The van der Waals surface area contributed by atoms with Crippen molar-refractivity contribution in [3.8, 4) is 5.75 Å². The molecule has 0 saturated heterocycles. The topological polar surface area (TPSA) is 42.7 Å². The number of fused-ring (bicyclic) bond motifs is 2. The van der Waals surface area contributed by atoms with Gasteiger partial charge in [0, 0.05) is 46.6 Å². The molecule has 1 aliphatic heterocycles. The normalized spacial score (nSPS) is 13.7. The minimum Gasteiger partial charge on any atom is -0.477 e. The minimum atomic E-state index is -0.271. The molecule has 0 radical (unpaired) electrons. The van der Waals surface area contributed by atoms with Gasteiger partial charge in [0.15, 0.2) is 0 Å². The monoisotopic (exact) mass is 459 g/mol. The van der Waals surface area contributed by atoms with Crippen molar-refractivity contribution in [3.05, 3.63) is 109 Å². The van der Waals surface area contributed by atoms with Gasteiger partial charge >= 0.3 is 5.63 Å². The number of hydrogen-bond acceptors (Lipinski definition) is 4. The second-order valence-corrected chi connectivity index (χ2v) is 9.16. The van der Waals surface area contributed by atoms with Crippen molar-refractivity contribution in [1.82, 2.24) is 4.90 Å². The van der Waals surface area contributed by atoms with Gasteiger partial charge in [0.05, 0.1) is 0 Å². The quantitative estimate of drug-likeness (QED) is 0.341. The second kappa shape index (κ2) is 9.05. The lowest BCUT2D eigenvalue weighted by atomic mass is 9.96. The number of benzene rings is 3. The number of rotatable bonds is 5. The molecule has 0 amide bonds. The highest BCUT2D eigenvalue weighted by atomic mass is 35.5. The van der Waals surface area contributed by atoms with E-state index >= 15 is 0 Å². The van der Waals surface area contributed by atoms with Crippen LogP contribution in [0.1, 0.15) is 33.4 Å². The molecule has 0 atom stereocenters. The SMILES string of the molecule is Cc1c(Cc2ccccc2)c(=O)oc2c(C)c3c(cc12)CN(CCc1ccc(Cl)cc1)CO3. The summed E-state index contributed by atoms with van der Waals surface area (Å²) in [7, 11) is 0. The molecule has 5 rings (SSSR count). The molecular weight excluding hydrogens is 434 g/mol. The fraction of sp³-hybridized carbons (Fsp3) is 0.250. The van der Waals surface area contributed by atoms with E-state index in [4.69, 9.17) is 20.8 Å². The number of ether oxygens (including phenoxy) is 1. The van der Waals surface area contributed by atoms with Crippen LogP contribution in [0.2, 0.25) is 5.02 Å². The van der Waals surface area contributed by atoms with Crippen LogP contribution >= 0.6 is 11.6 Å². The summed E-state index contributed by atoms with van der Waals surface area (Å²) in [6, 6.07) is 20.2. The van der Waals surface area contributed by atoms with Gasteiger partial charge in [-0.3, -0.25) is 4.90 Å². The molecule has 0 spiro atoms. The lowest BCUT2D eigenvalue weighted by Gasteiger charge is -2.30. The van der Waals surface area contributed by atoms with Gasteiger partial charge in [0.25, 0.3) is 0 Å². The van der Waals surface area contributed by atoms with E-state index in [2.05, 4.69) is 23.1 Å². The van der Waals surface area contributed by atoms with Crippen LogP contribution in [0.5, 0.6) is 5.75 Å². The van der Waals surface area contributed by atoms with Crippen molar-refractivity contribution >= 4 is 22.6 Å². The molecule has 0 fully saturated rings. The van der Waals surface area contributed by atoms with Crippen LogP contribution in [-0.4, -0.2) is 18.2 Å². The minimum absolute atomic E-state index is 0.271. The molecule has 1 aromatic heterocycles. The van der Waals surface area contributed by atoms with Gasteiger partial charge in [-0.25, -0.2) is 4.79 Å². The van der Waals surface area contributed by atoms with Crippen LogP contribution in [0.4, 0.5) is 0 Å². The van der Waals surface area contributed by atoms with Gasteiger partial charge < -0.3 is 9.15 Å². The first-order valence-electron chi connectivity index (χ1n) is 11.2. The maximum Gasteiger partial charge on any atom is 0.340 e. The largest absolute Gasteiger partial charge is 0.477 e. The van der Waals surface area contributed by atoms with Crippen molar-refractivity contribution < 1.29 is 9.15 Å². The summed E-state index contributed by atoms with van der Waals surface area (Å²) in [5.74, 6) is 0.837. The van der Waals surface area contributed by atoms with Gasteiger partial charge in [-0.2, -0.15) is 0 Å². The molecule has 3 aromatic carbocycles. The predicted molar refractivity (Wildman–Crippen MR) is 132 cm³/mol. The van der Waals surface area contributed by atoms with E-state index in [1.165, 1.54) is 5.56 Å². The molecular formula is C28H26ClNO3. The van der Waals surface area contributed by atoms with E-state index in [0.717, 1.165) is 57.9 Å². The summed E-state index contributed by atoms with van der Waals surface area (Å²) in [6.45, 7) is 6.20. The molecule has 168 valence electrons. The first-order chi connectivity index (χ1) is 16.0. The second-order valence-electron chi connectivity index (χ2n) is 8.72.